The third kappa shape index (κ3) is 3.39. The molecule has 0 radical (unpaired) electrons. The highest BCUT2D eigenvalue weighted by atomic mass is 16.3. The van der Waals surface area contributed by atoms with Gasteiger partial charge >= 0.3 is 0 Å². The zero-order valence-corrected chi connectivity index (χ0v) is 16.1. The molecule has 4 rings (SSSR count). The number of aryl methyl sites for hydroxylation is 2. The van der Waals surface area contributed by atoms with Crippen molar-refractivity contribution in [1.29, 1.82) is 0 Å². The summed E-state index contributed by atoms with van der Waals surface area (Å²) in [5.41, 5.74) is 3.73. The molecular weight excluding hydrogens is 340 g/mol. The smallest absolute Gasteiger partial charge is 0.230 e. The zero-order valence-electron chi connectivity index (χ0n) is 16.1. The van der Waals surface area contributed by atoms with E-state index in [-0.39, 0.29) is 5.91 Å². The molecule has 2 aliphatic heterocycles. The van der Waals surface area contributed by atoms with E-state index in [2.05, 4.69) is 52.6 Å². The van der Waals surface area contributed by atoms with Gasteiger partial charge in [-0.3, -0.25) is 9.69 Å². The topological polar surface area (TPSA) is 70.4 Å². The van der Waals surface area contributed by atoms with Crippen LogP contribution in [0.15, 0.2) is 30.3 Å². The predicted molar refractivity (Wildman–Crippen MR) is 104 cm³/mol. The number of aliphatic hydroxyl groups is 1. The number of rotatable bonds is 3. The molecule has 1 aromatic carbocycles. The van der Waals surface area contributed by atoms with Crippen molar-refractivity contribution >= 4 is 5.91 Å². The van der Waals surface area contributed by atoms with Crippen LogP contribution < -0.4 is 5.32 Å². The second-order valence-electron chi connectivity index (χ2n) is 8.04. The Morgan fingerprint density at radius 2 is 2.19 bits per heavy atom. The number of carbonyl (C=O) groups is 1. The van der Waals surface area contributed by atoms with Crippen LogP contribution in [0.25, 0.3) is 5.69 Å². The van der Waals surface area contributed by atoms with E-state index < -0.39 is 11.5 Å². The molecule has 27 heavy (non-hydrogen) atoms. The van der Waals surface area contributed by atoms with Gasteiger partial charge in [-0.25, -0.2) is 4.68 Å². The average molecular weight is 368 g/mol. The first kappa shape index (κ1) is 18.2. The molecule has 1 amide bonds. The number of nitrogens with zero attached hydrogens (tertiary/aromatic N) is 3. The van der Waals surface area contributed by atoms with Crippen molar-refractivity contribution < 1.29 is 9.90 Å². The van der Waals surface area contributed by atoms with Crippen LogP contribution >= 0.6 is 0 Å². The minimum absolute atomic E-state index is 0.0161. The Morgan fingerprint density at radius 3 is 2.93 bits per heavy atom. The van der Waals surface area contributed by atoms with Gasteiger partial charge in [0.25, 0.3) is 0 Å². The Kier molecular flexibility index (Phi) is 4.78. The average Bonchev–Trinajstić information content (AvgIpc) is 2.99. The van der Waals surface area contributed by atoms with Crippen LogP contribution in [-0.4, -0.2) is 51.4 Å². The van der Waals surface area contributed by atoms with E-state index in [0.717, 1.165) is 49.6 Å². The number of hydrogen-bond acceptors (Lipinski definition) is 4. The molecular formula is C21H28N4O2. The lowest BCUT2D eigenvalue weighted by Gasteiger charge is -2.47. The summed E-state index contributed by atoms with van der Waals surface area (Å²) in [4.78, 5) is 14.9. The number of nitrogens with one attached hydrogen (secondary N) is 1. The predicted octanol–water partition coefficient (Wildman–Crippen LogP) is 1.95. The third-order valence-electron chi connectivity index (χ3n) is 5.97. The molecule has 0 unspecified atom stereocenters. The minimum Gasteiger partial charge on any atom is -0.392 e. The fourth-order valence-corrected chi connectivity index (χ4v) is 4.60. The van der Waals surface area contributed by atoms with Crippen molar-refractivity contribution in [3.8, 4) is 5.69 Å². The Balaban J connectivity index is 1.53. The van der Waals surface area contributed by atoms with E-state index in [1.54, 1.807) is 0 Å². The molecule has 144 valence electrons. The van der Waals surface area contributed by atoms with E-state index in [4.69, 9.17) is 0 Å². The van der Waals surface area contributed by atoms with Crippen LogP contribution in [0, 0.1) is 19.3 Å². The van der Waals surface area contributed by atoms with Crippen molar-refractivity contribution in [2.75, 3.05) is 19.6 Å². The van der Waals surface area contributed by atoms with Crippen molar-refractivity contribution in [2.24, 2.45) is 5.41 Å². The van der Waals surface area contributed by atoms with Gasteiger partial charge < -0.3 is 10.4 Å². The highest BCUT2D eigenvalue weighted by Crippen LogP contribution is 2.37. The molecule has 0 bridgehead atoms. The standard InChI is InChI=1S/C21H28N4O2/c1-15-11-16(2)25(23-15)18-6-3-5-17(12-18)13-24-10-7-19(26)21(14-24)8-4-9-22-20(21)27/h3,5-6,11-12,19,26H,4,7-10,13-14H2,1-2H3,(H,22,27)/t19-,21+/m0/s1. The van der Waals surface area contributed by atoms with Crippen molar-refractivity contribution in [3.63, 3.8) is 0 Å². The summed E-state index contributed by atoms with van der Waals surface area (Å²) in [6.07, 6.45) is 1.80. The zero-order chi connectivity index (χ0) is 19.0. The minimum atomic E-state index is -0.649. The van der Waals surface area contributed by atoms with E-state index in [1.807, 2.05) is 11.6 Å². The van der Waals surface area contributed by atoms with Crippen molar-refractivity contribution in [3.05, 3.63) is 47.3 Å². The lowest BCUT2D eigenvalue weighted by molar-refractivity contribution is -0.149. The molecule has 2 saturated heterocycles. The fourth-order valence-electron chi connectivity index (χ4n) is 4.60. The van der Waals surface area contributed by atoms with Gasteiger partial charge in [0.15, 0.2) is 0 Å². The van der Waals surface area contributed by atoms with E-state index in [1.165, 1.54) is 5.56 Å². The van der Waals surface area contributed by atoms with E-state index in [0.29, 0.717) is 13.0 Å². The van der Waals surface area contributed by atoms with Gasteiger partial charge in [0.1, 0.15) is 0 Å². The largest absolute Gasteiger partial charge is 0.392 e. The SMILES string of the molecule is Cc1cc(C)n(-c2cccc(CN3CC[C@H](O)[C@@]4(CCCNC4=O)C3)c2)n1. The van der Waals surface area contributed by atoms with Crippen molar-refractivity contribution in [1.82, 2.24) is 20.0 Å². The van der Waals surface area contributed by atoms with Crippen LogP contribution in [0.2, 0.25) is 0 Å². The van der Waals surface area contributed by atoms with Gasteiger partial charge in [-0.1, -0.05) is 12.1 Å². The van der Waals surface area contributed by atoms with Crippen molar-refractivity contribution in [2.45, 2.75) is 45.8 Å². The van der Waals surface area contributed by atoms with E-state index >= 15 is 0 Å². The molecule has 6 heteroatoms. The summed E-state index contributed by atoms with van der Waals surface area (Å²) >= 11 is 0. The Labute approximate surface area is 160 Å². The number of aromatic nitrogens is 2. The van der Waals surface area contributed by atoms with Gasteiger partial charge in [-0.05, 0) is 56.9 Å². The summed E-state index contributed by atoms with van der Waals surface area (Å²) in [7, 11) is 0. The maximum absolute atomic E-state index is 12.5. The van der Waals surface area contributed by atoms with Gasteiger partial charge in [-0.15, -0.1) is 0 Å². The summed E-state index contributed by atoms with van der Waals surface area (Å²) in [6, 6.07) is 10.5. The highest BCUT2D eigenvalue weighted by molar-refractivity contribution is 5.84. The normalized spacial score (nSPS) is 26.3. The van der Waals surface area contributed by atoms with Gasteiger partial charge in [-0.2, -0.15) is 5.10 Å². The number of amides is 1. The second-order valence-corrected chi connectivity index (χ2v) is 8.04. The molecule has 6 nitrogen and oxygen atoms in total. The Morgan fingerprint density at radius 1 is 1.33 bits per heavy atom. The third-order valence-corrected chi connectivity index (χ3v) is 5.97. The summed E-state index contributed by atoms with van der Waals surface area (Å²) < 4.78 is 1.97. The summed E-state index contributed by atoms with van der Waals surface area (Å²) in [6.45, 7) is 6.97. The molecule has 2 N–H and O–H groups in total. The maximum Gasteiger partial charge on any atom is 0.230 e. The molecule has 2 aromatic rings. The fraction of sp³-hybridized carbons (Fsp3) is 0.524. The first-order chi connectivity index (χ1) is 13.0. The molecule has 1 spiro atoms. The number of carbonyl (C=O) groups excluding carboxylic acids is 1. The highest BCUT2D eigenvalue weighted by Gasteiger charge is 2.49. The molecule has 0 aliphatic carbocycles. The van der Waals surface area contributed by atoms with Crippen LogP contribution in [0.4, 0.5) is 0 Å². The monoisotopic (exact) mass is 368 g/mol. The molecule has 2 atom stereocenters. The van der Waals surface area contributed by atoms with Gasteiger partial charge in [0, 0.05) is 31.9 Å². The number of hydrogen-bond donors (Lipinski definition) is 2. The first-order valence-corrected chi connectivity index (χ1v) is 9.79. The lowest BCUT2D eigenvalue weighted by Crippen LogP contribution is -2.61. The Bertz CT molecular complexity index is 846. The second kappa shape index (κ2) is 7.09. The first-order valence-electron chi connectivity index (χ1n) is 9.79. The molecule has 3 heterocycles. The number of piperidine rings is 2. The molecule has 0 saturated carbocycles. The number of benzene rings is 1. The maximum atomic E-state index is 12.5. The summed E-state index contributed by atoms with van der Waals surface area (Å²) in [5.74, 6) is 0.0161. The lowest BCUT2D eigenvalue weighted by atomic mass is 9.71. The van der Waals surface area contributed by atoms with Gasteiger partial charge in [0.2, 0.25) is 5.91 Å². The van der Waals surface area contributed by atoms with Gasteiger partial charge in [0.05, 0.1) is 22.9 Å². The van der Waals surface area contributed by atoms with Crippen LogP contribution in [-0.2, 0) is 11.3 Å². The molecule has 2 aliphatic rings. The van der Waals surface area contributed by atoms with E-state index in [9.17, 15) is 9.90 Å². The summed E-state index contributed by atoms with van der Waals surface area (Å²) in [5, 5.41) is 18.1. The number of aliphatic hydroxyl groups excluding tert-OH is 1. The Hall–Kier alpha value is -2.18. The van der Waals surface area contributed by atoms with Crippen LogP contribution in [0.1, 0.15) is 36.2 Å². The van der Waals surface area contributed by atoms with Crippen LogP contribution in [0.3, 0.4) is 0 Å². The number of likely N-dealkylation sites (tertiary alicyclic amines) is 1. The quantitative estimate of drug-likeness (QED) is 0.869. The molecule has 2 fully saturated rings. The molecule has 1 aromatic heterocycles. The van der Waals surface area contributed by atoms with Crippen LogP contribution in [0.5, 0.6) is 0 Å².